The van der Waals surface area contributed by atoms with Crippen molar-refractivity contribution < 1.29 is 4.42 Å². The summed E-state index contributed by atoms with van der Waals surface area (Å²) in [5.41, 5.74) is 0. The van der Waals surface area contributed by atoms with Gasteiger partial charge in [0.1, 0.15) is 0 Å². The van der Waals surface area contributed by atoms with Gasteiger partial charge < -0.3 is 9.73 Å². The first-order valence-corrected chi connectivity index (χ1v) is 7.91. The molecule has 4 atom stereocenters. The molecule has 0 aliphatic heterocycles. The van der Waals surface area contributed by atoms with Crippen molar-refractivity contribution in [3.05, 3.63) is 11.8 Å². The third-order valence-electron chi connectivity index (χ3n) is 5.45. The van der Waals surface area contributed by atoms with Gasteiger partial charge in [0, 0.05) is 18.9 Å². The van der Waals surface area contributed by atoms with E-state index in [4.69, 9.17) is 4.42 Å². The summed E-state index contributed by atoms with van der Waals surface area (Å²) in [6, 6.07) is 0. The average Bonchev–Trinajstić information content (AvgIpc) is 2.83. The van der Waals surface area contributed by atoms with Crippen LogP contribution in [0.4, 0.5) is 0 Å². The largest absolute Gasteiger partial charge is 0.425 e. The monoisotopic (exact) mass is 261 g/mol. The molecule has 1 aromatic heterocycles. The van der Waals surface area contributed by atoms with Crippen molar-refractivity contribution in [1.29, 1.82) is 0 Å². The van der Waals surface area contributed by atoms with Crippen molar-refractivity contribution in [3.8, 4) is 0 Å². The second kappa shape index (κ2) is 4.58. The lowest BCUT2D eigenvalue weighted by molar-refractivity contribution is 0.407. The maximum atomic E-state index is 5.89. The number of nitrogens with zero attached hydrogens (tertiary/aromatic N) is 2. The zero-order valence-electron chi connectivity index (χ0n) is 11.6. The zero-order valence-corrected chi connectivity index (χ0v) is 11.6. The molecule has 3 aliphatic carbocycles. The molecule has 4 rings (SSSR count). The Bertz CT molecular complexity index is 442. The van der Waals surface area contributed by atoms with E-state index < -0.39 is 0 Å². The van der Waals surface area contributed by atoms with E-state index in [0.29, 0.717) is 5.92 Å². The molecule has 0 aromatic carbocycles. The maximum Gasteiger partial charge on any atom is 0.220 e. The van der Waals surface area contributed by atoms with Crippen LogP contribution in [0.5, 0.6) is 0 Å². The first-order chi connectivity index (χ1) is 9.38. The minimum atomic E-state index is 0.621. The molecule has 1 N–H and O–H groups in total. The molecule has 0 spiro atoms. The molecule has 104 valence electrons. The van der Waals surface area contributed by atoms with Gasteiger partial charge in [-0.15, -0.1) is 10.2 Å². The van der Waals surface area contributed by atoms with Gasteiger partial charge in [-0.05, 0) is 55.9 Å². The van der Waals surface area contributed by atoms with Crippen LogP contribution in [0.15, 0.2) is 4.42 Å². The minimum Gasteiger partial charge on any atom is -0.425 e. The van der Waals surface area contributed by atoms with E-state index in [9.17, 15) is 0 Å². The van der Waals surface area contributed by atoms with Crippen molar-refractivity contribution in [1.82, 2.24) is 15.5 Å². The summed E-state index contributed by atoms with van der Waals surface area (Å²) in [5, 5.41) is 11.9. The molecule has 1 heterocycles. The Kier molecular flexibility index (Phi) is 2.87. The second-order valence-corrected chi connectivity index (χ2v) is 6.55. The molecule has 4 heteroatoms. The molecule has 1 aromatic rings. The molecule has 0 amide bonds. The van der Waals surface area contributed by atoms with Gasteiger partial charge in [-0.2, -0.15) is 0 Å². The zero-order chi connectivity index (χ0) is 12.8. The summed E-state index contributed by atoms with van der Waals surface area (Å²) < 4.78 is 5.89. The Hall–Kier alpha value is -0.900. The Morgan fingerprint density at radius 3 is 2.68 bits per heavy atom. The van der Waals surface area contributed by atoms with Crippen LogP contribution >= 0.6 is 0 Å². The molecule has 0 radical (unpaired) electrons. The topological polar surface area (TPSA) is 51.0 Å². The first kappa shape index (κ1) is 11.9. The predicted octanol–water partition coefficient (Wildman–Crippen LogP) is 2.37. The van der Waals surface area contributed by atoms with Crippen LogP contribution in [-0.4, -0.2) is 23.3 Å². The molecule has 4 unspecified atom stereocenters. The van der Waals surface area contributed by atoms with E-state index >= 15 is 0 Å². The highest BCUT2D eigenvalue weighted by atomic mass is 16.4. The summed E-state index contributed by atoms with van der Waals surface area (Å²) in [6.45, 7) is 4.19. The normalized spacial score (nSPS) is 38.7. The van der Waals surface area contributed by atoms with E-state index in [1.165, 1.54) is 25.7 Å². The molecule has 2 bridgehead atoms. The fourth-order valence-corrected chi connectivity index (χ4v) is 4.65. The van der Waals surface area contributed by atoms with Gasteiger partial charge in [-0.25, -0.2) is 0 Å². The molecule has 4 nitrogen and oxygen atoms in total. The lowest BCUT2D eigenvalue weighted by Crippen LogP contribution is -2.17. The first-order valence-electron chi connectivity index (χ1n) is 7.91. The Balaban J connectivity index is 1.35. The van der Waals surface area contributed by atoms with E-state index in [2.05, 4.69) is 22.4 Å². The van der Waals surface area contributed by atoms with E-state index in [-0.39, 0.29) is 0 Å². The van der Waals surface area contributed by atoms with Crippen LogP contribution in [0.3, 0.4) is 0 Å². The van der Waals surface area contributed by atoms with Gasteiger partial charge in [0.15, 0.2) is 0 Å². The fraction of sp³-hybridized carbons (Fsp3) is 0.867. The molecule has 0 saturated heterocycles. The van der Waals surface area contributed by atoms with E-state index in [0.717, 1.165) is 55.0 Å². The van der Waals surface area contributed by atoms with Crippen LogP contribution in [0.2, 0.25) is 0 Å². The lowest BCUT2D eigenvalue weighted by Gasteiger charge is -2.04. The lowest BCUT2D eigenvalue weighted by atomic mass is 10.0. The number of hydrogen-bond acceptors (Lipinski definition) is 4. The van der Waals surface area contributed by atoms with Crippen molar-refractivity contribution >= 4 is 0 Å². The van der Waals surface area contributed by atoms with E-state index in [1.54, 1.807) is 0 Å². The van der Waals surface area contributed by atoms with Crippen molar-refractivity contribution in [2.75, 3.05) is 13.1 Å². The summed E-state index contributed by atoms with van der Waals surface area (Å²) in [4.78, 5) is 0. The highest BCUT2D eigenvalue weighted by Crippen LogP contribution is 2.72. The molecular weight excluding hydrogens is 238 g/mol. The molecule has 3 fully saturated rings. The average molecular weight is 261 g/mol. The second-order valence-electron chi connectivity index (χ2n) is 6.55. The number of rotatable bonds is 6. The van der Waals surface area contributed by atoms with Crippen molar-refractivity contribution in [2.45, 2.75) is 44.9 Å². The highest BCUT2D eigenvalue weighted by molar-refractivity contribution is 5.22. The van der Waals surface area contributed by atoms with Gasteiger partial charge in [-0.3, -0.25) is 0 Å². The maximum absolute atomic E-state index is 5.89. The highest BCUT2D eigenvalue weighted by Gasteiger charge is 2.67. The predicted molar refractivity (Wildman–Crippen MR) is 71.7 cm³/mol. The van der Waals surface area contributed by atoms with Crippen LogP contribution in [0.1, 0.15) is 50.3 Å². The summed E-state index contributed by atoms with van der Waals surface area (Å²) in [7, 11) is 0. The van der Waals surface area contributed by atoms with Gasteiger partial charge in [0.2, 0.25) is 11.8 Å². The van der Waals surface area contributed by atoms with Crippen LogP contribution in [0.25, 0.3) is 0 Å². The molecular formula is C15H23N3O. The minimum absolute atomic E-state index is 0.621. The molecule has 3 aliphatic rings. The standard InChI is InChI=1S/C15H23N3O/c1-2-6-16-7-5-11-17-18-15(19-11)14-12-9-3-4-10(8-9)13(12)14/h9-10,12-14,16H,2-8H2,1H3. The third-order valence-corrected chi connectivity index (χ3v) is 5.45. The smallest absolute Gasteiger partial charge is 0.220 e. The Labute approximate surface area is 114 Å². The Morgan fingerprint density at radius 2 is 1.95 bits per heavy atom. The summed E-state index contributed by atoms with van der Waals surface area (Å²) in [6.07, 6.45) is 6.41. The number of fused-ring (bicyclic) bond motifs is 5. The van der Waals surface area contributed by atoms with Gasteiger partial charge in [0.05, 0.1) is 0 Å². The van der Waals surface area contributed by atoms with Crippen LogP contribution in [0, 0.1) is 23.7 Å². The van der Waals surface area contributed by atoms with Crippen LogP contribution < -0.4 is 5.32 Å². The number of aromatic nitrogens is 2. The van der Waals surface area contributed by atoms with Crippen molar-refractivity contribution in [2.24, 2.45) is 23.7 Å². The van der Waals surface area contributed by atoms with E-state index in [1.807, 2.05) is 0 Å². The fourth-order valence-electron chi connectivity index (χ4n) is 4.65. The molecule has 19 heavy (non-hydrogen) atoms. The number of hydrogen-bond donors (Lipinski definition) is 1. The number of nitrogens with one attached hydrogen (secondary N) is 1. The third kappa shape index (κ3) is 1.92. The molecule has 3 saturated carbocycles. The quantitative estimate of drug-likeness (QED) is 0.799. The van der Waals surface area contributed by atoms with Crippen molar-refractivity contribution in [3.63, 3.8) is 0 Å². The van der Waals surface area contributed by atoms with Gasteiger partial charge >= 0.3 is 0 Å². The SMILES string of the molecule is CCCNCCc1nnc(C2C3C4CCC(C4)C23)o1. The van der Waals surface area contributed by atoms with Gasteiger partial charge in [-0.1, -0.05) is 6.92 Å². The summed E-state index contributed by atoms with van der Waals surface area (Å²) in [5.74, 6) is 6.11. The van der Waals surface area contributed by atoms with Gasteiger partial charge in [0.25, 0.3) is 0 Å². The Morgan fingerprint density at radius 1 is 1.16 bits per heavy atom. The summed E-state index contributed by atoms with van der Waals surface area (Å²) >= 11 is 0. The van der Waals surface area contributed by atoms with Crippen LogP contribution in [-0.2, 0) is 6.42 Å².